The minimum Gasteiger partial charge on any atom is -0.336 e. The molecule has 1 aromatic heterocycles. The first-order valence-electron chi connectivity index (χ1n) is 4.87. The highest BCUT2D eigenvalue weighted by Crippen LogP contribution is 2.25. The van der Waals surface area contributed by atoms with Crippen LogP contribution in [-0.4, -0.2) is 34.9 Å². The van der Waals surface area contributed by atoms with E-state index in [4.69, 9.17) is 5.73 Å². The second-order valence-electron chi connectivity index (χ2n) is 3.69. The van der Waals surface area contributed by atoms with Crippen LogP contribution in [0.4, 0.5) is 5.00 Å². The number of hydrogen-bond donors (Lipinski definition) is 1. The Hall–Kier alpha value is -1.47. The van der Waals surface area contributed by atoms with Crippen LogP contribution >= 0.6 is 11.3 Å². The molecule has 7 heteroatoms. The van der Waals surface area contributed by atoms with E-state index in [2.05, 4.69) is 0 Å². The van der Waals surface area contributed by atoms with Crippen molar-refractivity contribution in [2.75, 3.05) is 13.1 Å². The zero-order valence-corrected chi connectivity index (χ0v) is 9.27. The van der Waals surface area contributed by atoms with Gasteiger partial charge in [-0.15, -0.1) is 0 Å². The molecule has 6 nitrogen and oxygen atoms in total. The van der Waals surface area contributed by atoms with E-state index in [-0.39, 0.29) is 17.0 Å². The molecule has 2 rings (SSSR count). The summed E-state index contributed by atoms with van der Waals surface area (Å²) in [6, 6.07) is 2.88. The molecule has 1 saturated heterocycles. The van der Waals surface area contributed by atoms with Crippen molar-refractivity contribution in [2.45, 2.75) is 12.5 Å². The highest BCUT2D eigenvalue weighted by molar-refractivity contribution is 7.17. The Balaban J connectivity index is 2.11. The minimum atomic E-state index is -0.489. The number of carbonyl (C=O) groups is 1. The summed E-state index contributed by atoms with van der Waals surface area (Å²) in [5.74, 6) is -0.161. The number of thiophene rings is 1. The van der Waals surface area contributed by atoms with Gasteiger partial charge >= 0.3 is 5.00 Å². The Morgan fingerprint density at radius 3 is 2.88 bits per heavy atom. The number of nitro groups is 1. The van der Waals surface area contributed by atoms with E-state index in [0.717, 1.165) is 17.8 Å². The molecule has 1 amide bonds. The maximum absolute atomic E-state index is 11.9. The Labute approximate surface area is 95.8 Å². The SMILES string of the molecule is N[C@@H]1CCN(C(=O)c2ccc([N+](=O)[O-])s2)C1. The number of nitrogens with two attached hydrogens (primary N) is 1. The van der Waals surface area contributed by atoms with Gasteiger partial charge in [-0.3, -0.25) is 14.9 Å². The number of hydrogen-bond acceptors (Lipinski definition) is 5. The smallest absolute Gasteiger partial charge is 0.324 e. The summed E-state index contributed by atoms with van der Waals surface area (Å²) in [7, 11) is 0. The third kappa shape index (κ3) is 2.05. The predicted octanol–water partition coefficient (Wildman–Crippen LogP) is 0.829. The fourth-order valence-corrected chi connectivity index (χ4v) is 2.46. The lowest BCUT2D eigenvalue weighted by molar-refractivity contribution is -0.380. The van der Waals surface area contributed by atoms with Gasteiger partial charge in [-0.2, -0.15) is 0 Å². The van der Waals surface area contributed by atoms with E-state index in [9.17, 15) is 14.9 Å². The normalized spacial score (nSPS) is 20.1. The summed E-state index contributed by atoms with van der Waals surface area (Å²) in [5, 5.41) is 10.5. The summed E-state index contributed by atoms with van der Waals surface area (Å²) in [6.45, 7) is 1.16. The van der Waals surface area contributed by atoms with E-state index in [1.54, 1.807) is 4.90 Å². The molecule has 0 aromatic carbocycles. The average Bonchev–Trinajstić information content (AvgIpc) is 2.84. The van der Waals surface area contributed by atoms with Crippen LogP contribution in [0.5, 0.6) is 0 Å². The lowest BCUT2D eigenvalue weighted by Gasteiger charge is -2.13. The van der Waals surface area contributed by atoms with Gasteiger partial charge in [0.2, 0.25) is 0 Å². The number of amides is 1. The molecule has 1 fully saturated rings. The molecule has 1 atom stereocenters. The number of carbonyl (C=O) groups excluding carboxylic acids is 1. The molecular weight excluding hydrogens is 230 g/mol. The third-order valence-electron chi connectivity index (χ3n) is 2.49. The van der Waals surface area contributed by atoms with Crippen LogP contribution in [0.25, 0.3) is 0 Å². The van der Waals surface area contributed by atoms with Crippen molar-refractivity contribution < 1.29 is 9.72 Å². The first-order chi connectivity index (χ1) is 7.58. The molecule has 86 valence electrons. The number of nitrogens with zero attached hydrogens (tertiary/aromatic N) is 2. The number of rotatable bonds is 2. The van der Waals surface area contributed by atoms with Gasteiger partial charge in [0, 0.05) is 25.2 Å². The standard InChI is InChI=1S/C9H11N3O3S/c10-6-3-4-11(5-6)9(13)7-1-2-8(16-7)12(14)15/h1-2,6H,3-5,10H2/t6-/m1/s1. The van der Waals surface area contributed by atoms with Crippen LogP contribution in [0.2, 0.25) is 0 Å². The van der Waals surface area contributed by atoms with Gasteiger partial charge in [0.1, 0.15) is 0 Å². The van der Waals surface area contributed by atoms with E-state index >= 15 is 0 Å². The van der Waals surface area contributed by atoms with Crippen LogP contribution in [0.1, 0.15) is 16.1 Å². The molecule has 2 heterocycles. The molecular formula is C9H11N3O3S. The van der Waals surface area contributed by atoms with Crippen LogP contribution in [0, 0.1) is 10.1 Å². The molecule has 2 N–H and O–H groups in total. The molecule has 0 bridgehead atoms. The minimum absolute atomic E-state index is 0.00755. The summed E-state index contributed by atoms with van der Waals surface area (Å²) in [4.78, 5) is 23.9. The van der Waals surface area contributed by atoms with Crippen molar-refractivity contribution in [1.29, 1.82) is 0 Å². The maximum atomic E-state index is 11.9. The largest absolute Gasteiger partial charge is 0.336 e. The highest BCUT2D eigenvalue weighted by atomic mass is 32.1. The summed E-state index contributed by atoms with van der Waals surface area (Å²) in [5.41, 5.74) is 5.70. The van der Waals surface area contributed by atoms with Crippen LogP contribution in [-0.2, 0) is 0 Å². The second-order valence-corrected chi connectivity index (χ2v) is 4.76. The van der Waals surface area contributed by atoms with Gasteiger partial charge in [0.25, 0.3) is 5.91 Å². The number of likely N-dealkylation sites (tertiary alicyclic amines) is 1. The van der Waals surface area contributed by atoms with E-state index < -0.39 is 4.92 Å². The van der Waals surface area contributed by atoms with Crippen molar-refractivity contribution in [3.05, 3.63) is 27.1 Å². The quantitative estimate of drug-likeness (QED) is 0.613. The molecule has 1 aliphatic rings. The lowest BCUT2D eigenvalue weighted by atomic mass is 10.3. The van der Waals surface area contributed by atoms with Gasteiger partial charge in [-0.1, -0.05) is 11.3 Å². The molecule has 1 aliphatic heterocycles. The zero-order valence-electron chi connectivity index (χ0n) is 8.46. The van der Waals surface area contributed by atoms with E-state index in [0.29, 0.717) is 18.0 Å². The molecule has 0 spiro atoms. The average molecular weight is 241 g/mol. The summed E-state index contributed by atoms with van der Waals surface area (Å²) >= 11 is 0.906. The maximum Gasteiger partial charge on any atom is 0.324 e. The first kappa shape index (κ1) is 11.0. The van der Waals surface area contributed by atoms with Gasteiger partial charge in [-0.25, -0.2) is 0 Å². The van der Waals surface area contributed by atoms with Crippen LogP contribution in [0.3, 0.4) is 0 Å². The molecule has 1 aromatic rings. The summed E-state index contributed by atoms with van der Waals surface area (Å²) < 4.78 is 0. The van der Waals surface area contributed by atoms with Gasteiger partial charge < -0.3 is 10.6 Å². The molecule has 0 unspecified atom stereocenters. The van der Waals surface area contributed by atoms with Gasteiger partial charge in [0.05, 0.1) is 9.80 Å². The Bertz CT molecular complexity index is 431. The first-order valence-corrected chi connectivity index (χ1v) is 5.68. The van der Waals surface area contributed by atoms with Gasteiger partial charge in [0.15, 0.2) is 0 Å². The van der Waals surface area contributed by atoms with Crippen molar-refractivity contribution in [3.8, 4) is 0 Å². The summed E-state index contributed by atoms with van der Waals surface area (Å²) in [6.07, 6.45) is 0.791. The Morgan fingerprint density at radius 2 is 2.38 bits per heavy atom. The Kier molecular flexibility index (Phi) is 2.88. The fourth-order valence-electron chi connectivity index (χ4n) is 1.67. The molecule has 0 aliphatic carbocycles. The fraction of sp³-hybridized carbons (Fsp3) is 0.444. The van der Waals surface area contributed by atoms with Crippen molar-refractivity contribution in [1.82, 2.24) is 4.90 Å². The van der Waals surface area contributed by atoms with E-state index in [1.807, 2.05) is 0 Å². The second kappa shape index (κ2) is 4.18. The lowest BCUT2D eigenvalue weighted by Crippen LogP contribution is -2.31. The third-order valence-corrected chi connectivity index (χ3v) is 3.52. The Morgan fingerprint density at radius 1 is 1.62 bits per heavy atom. The van der Waals surface area contributed by atoms with Crippen molar-refractivity contribution in [3.63, 3.8) is 0 Å². The molecule has 0 radical (unpaired) electrons. The van der Waals surface area contributed by atoms with Crippen LogP contribution in [0.15, 0.2) is 12.1 Å². The van der Waals surface area contributed by atoms with Gasteiger partial charge in [-0.05, 0) is 12.5 Å². The molecule has 0 saturated carbocycles. The van der Waals surface area contributed by atoms with Crippen molar-refractivity contribution >= 4 is 22.2 Å². The predicted molar refractivity (Wildman–Crippen MR) is 59.5 cm³/mol. The monoisotopic (exact) mass is 241 g/mol. The highest BCUT2D eigenvalue weighted by Gasteiger charge is 2.26. The van der Waals surface area contributed by atoms with E-state index in [1.165, 1.54) is 12.1 Å². The van der Waals surface area contributed by atoms with Crippen molar-refractivity contribution in [2.24, 2.45) is 5.73 Å². The van der Waals surface area contributed by atoms with Crippen LogP contribution < -0.4 is 5.73 Å². The topological polar surface area (TPSA) is 89.5 Å². The zero-order chi connectivity index (χ0) is 11.7. The molecule has 16 heavy (non-hydrogen) atoms.